The minimum absolute atomic E-state index is 0.152. The van der Waals surface area contributed by atoms with Crippen LogP contribution in [0.1, 0.15) is 19.0 Å². The van der Waals surface area contributed by atoms with Crippen LogP contribution in [0.2, 0.25) is 0 Å². The molecule has 0 spiro atoms. The number of aromatic nitrogens is 2. The lowest BCUT2D eigenvalue weighted by Gasteiger charge is -2.01. The highest BCUT2D eigenvalue weighted by molar-refractivity contribution is 8.09. The Balaban J connectivity index is 2.27. The molecule has 0 radical (unpaired) electrons. The molecule has 4 heteroatoms. The van der Waals surface area contributed by atoms with E-state index in [2.05, 4.69) is 23.2 Å². The van der Waals surface area contributed by atoms with Gasteiger partial charge in [-0.2, -0.15) is 5.10 Å². The van der Waals surface area contributed by atoms with Crippen LogP contribution >= 0.6 is 11.8 Å². The van der Waals surface area contributed by atoms with Gasteiger partial charge >= 0.3 is 0 Å². The van der Waals surface area contributed by atoms with E-state index < -0.39 is 0 Å². The van der Waals surface area contributed by atoms with Crippen molar-refractivity contribution in [1.82, 2.24) is 10.2 Å². The summed E-state index contributed by atoms with van der Waals surface area (Å²) in [6.07, 6.45) is 3.25. The molecule has 68 valence electrons. The second-order valence-electron chi connectivity index (χ2n) is 3.04. The first-order valence-electron chi connectivity index (χ1n) is 4.18. The van der Waals surface area contributed by atoms with Gasteiger partial charge in [0.25, 0.3) is 5.56 Å². The van der Waals surface area contributed by atoms with Crippen molar-refractivity contribution in [3.63, 3.8) is 0 Å². The highest BCUT2D eigenvalue weighted by Crippen LogP contribution is 2.37. The van der Waals surface area contributed by atoms with Gasteiger partial charge in [-0.05, 0) is 12.5 Å². The maximum absolute atomic E-state index is 10.8. The molecule has 2 rings (SSSR count). The molecule has 13 heavy (non-hydrogen) atoms. The Kier molecular flexibility index (Phi) is 2.22. The zero-order chi connectivity index (χ0) is 9.26. The van der Waals surface area contributed by atoms with E-state index in [1.165, 1.54) is 11.0 Å². The summed E-state index contributed by atoms with van der Waals surface area (Å²) in [7, 11) is 0. The van der Waals surface area contributed by atoms with Crippen molar-refractivity contribution in [2.24, 2.45) is 0 Å². The van der Waals surface area contributed by atoms with Crippen molar-refractivity contribution in [3.05, 3.63) is 34.3 Å². The van der Waals surface area contributed by atoms with E-state index >= 15 is 0 Å². The van der Waals surface area contributed by atoms with E-state index in [-0.39, 0.29) is 5.56 Å². The van der Waals surface area contributed by atoms with Crippen LogP contribution in [-0.2, 0) is 0 Å². The number of aromatic amines is 1. The molecule has 0 fully saturated rings. The van der Waals surface area contributed by atoms with Gasteiger partial charge in [-0.3, -0.25) is 4.79 Å². The van der Waals surface area contributed by atoms with Crippen LogP contribution in [0.4, 0.5) is 0 Å². The van der Waals surface area contributed by atoms with Crippen LogP contribution in [0.5, 0.6) is 0 Å². The number of H-pyrrole nitrogens is 1. The minimum Gasteiger partial charge on any atom is -0.268 e. The smallest absolute Gasteiger partial charge is 0.264 e. The molecule has 3 nitrogen and oxygen atoms in total. The summed E-state index contributed by atoms with van der Waals surface area (Å²) in [6, 6.07) is 3.27. The normalized spacial score (nSPS) is 21.6. The van der Waals surface area contributed by atoms with Crippen LogP contribution in [0.25, 0.3) is 4.91 Å². The lowest BCUT2D eigenvalue weighted by atomic mass is 10.3. The molecule has 1 unspecified atom stereocenters. The van der Waals surface area contributed by atoms with Crippen molar-refractivity contribution in [1.29, 1.82) is 0 Å². The van der Waals surface area contributed by atoms with Crippen molar-refractivity contribution in [2.75, 3.05) is 0 Å². The van der Waals surface area contributed by atoms with Crippen molar-refractivity contribution < 1.29 is 0 Å². The molecule has 1 atom stereocenters. The summed E-state index contributed by atoms with van der Waals surface area (Å²) in [6.45, 7) is 2.18. The highest BCUT2D eigenvalue weighted by Gasteiger charge is 2.15. The second kappa shape index (κ2) is 3.38. The minimum atomic E-state index is -0.152. The van der Waals surface area contributed by atoms with Crippen LogP contribution < -0.4 is 5.56 Å². The molecular formula is C9H10N2OS. The zero-order valence-corrected chi connectivity index (χ0v) is 8.10. The standard InChI is InChI=1S/C9H10N2OS/c1-6-2-4-8(13-6)7-3-5-9(12)11-10-7/h3-6H,2H2,1H3,(H,11,12). The maximum Gasteiger partial charge on any atom is 0.264 e. The number of thioether (sulfide) groups is 1. The molecule has 1 aromatic rings. The fourth-order valence-corrected chi connectivity index (χ4v) is 2.29. The Morgan fingerprint density at radius 3 is 3.00 bits per heavy atom. The summed E-state index contributed by atoms with van der Waals surface area (Å²) < 4.78 is 0. The van der Waals surface area contributed by atoms with Crippen LogP contribution in [0.3, 0.4) is 0 Å². The number of nitrogens with zero attached hydrogens (tertiary/aromatic N) is 1. The monoisotopic (exact) mass is 194 g/mol. The fourth-order valence-electron chi connectivity index (χ4n) is 1.23. The number of rotatable bonds is 1. The van der Waals surface area contributed by atoms with Gasteiger partial charge in [0.2, 0.25) is 0 Å². The summed E-state index contributed by atoms with van der Waals surface area (Å²) >= 11 is 1.80. The highest BCUT2D eigenvalue weighted by atomic mass is 32.2. The Morgan fingerprint density at radius 1 is 1.62 bits per heavy atom. The maximum atomic E-state index is 10.8. The Morgan fingerprint density at radius 2 is 2.46 bits per heavy atom. The summed E-state index contributed by atoms with van der Waals surface area (Å²) in [4.78, 5) is 11.9. The van der Waals surface area contributed by atoms with Gasteiger partial charge in [0.1, 0.15) is 0 Å². The topological polar surface area (TPSA) is 45.8 Å². The average Bonchev–Trinajstić information content (AvgIpc) is 2.53. The molecule has 1 aliphatic heterocycles. The Bertz CT molecular complexity index is 376. The van der Waals surface area contributed by atoms with E-state index in [9.17, 15) is 4.79 Å². The van der Waals surface area contributed by atoms with Gasteiger partial charge in [0.05, 0.1) is 5.69 Å². The first kappa shape index (κ1) is 8.56. The lowest BCUT2D eigenvalue weighted by molar-refractivity contribution is 0.974. The molecule has 0 amide bonds. The molecule has 0 saturated heterocycles. The third kappa shape index (κ3) is 1.83. The van der Waals surface area contributed by atoms with Gasteiger partial charge < -0.3 is 0 Å². The molecule has 1 aromatic heterocycles. The van der Waals surface area contributed by atoms with Crippen molar-refractivity contribution in [2.45, 2.75) is 18.6 Å². The van der Waals surface area contributed by atoms with Crippen LogP contribution in [0.15, 0.2) is 23.0 Å². The Labute approximate surface area is 80.3 Å². The van der Waals surface area contributed by atoms with Gasteiger partial charge in [-0.15, -0.1) is 11.8 Å². The van der Waals surface area contributed by atoms with E-state index in [0.29, 0.717) is 5.25 Å². The molecular weight excluding hydrogens is 184 g/mol. The predicted molar refractivity (Wildman–Crippen MR) is 54.5 cm³/mol. The largest absolute Gasteiger partial charge is 0.268 e. The molecule has 1 N–H and O–H groups in total. The predicted octanol–water partition coefficient (Wildman–Crippen LogP) is 1.64. The number of hydrogen-bond acceptors (Lipinski definition) is 3. The number of nitrogens with one attached hydrogen (secondary N) is 1. The molecule has 2 heterocycles. The lowest BCUT2D eigenvalue weighted by Crippen LogP contribution is -2.06. The van der Waals surface area contributed by atoms with Gasteiger partial charge in [-0.1, -0.05) is 13.0 Å². The fraction of sp³-hybridized carbons (Fsp3) is 0.333. The molecule has 0 aliphatic carbocycles. The molecule has 0 bridgehead atoms. The Hall–Kier alpha value is -1.03. The summed E-state index contributed by atoms with van der Waals surface area (Å²) in [5.41, 5.74) is 0.717. The van der Waals surface area contributed by atoms with E-state index in [4.69, 9.17) is 0 Å². The third-order valence-electron chi connectivity index (χ3n) is 1.89. The van der Waals surface area contributed by atoms with Gasteiger partial charge in [0, 0.05) is 16.2 Å². The van der Waals surface area contributed by atoms with Gasteiger partial charge in [0.15, 0.2) is 0 Å². The second-order valence-corrected chi connectivity index (χ2v) is 4.52. The zero-order valence-electron chi connectivity index (χ0n) is 7.28. The van der Waals surface area contributed by atoms with Crippen LogP contribution in [0, 0.1) is 0 Å². The SMILES string of the molecule is CC1CC=C(c2ccc(=O)[nH]n2)S1. The molecule has 0 saturated carbocycles. The first-order valence-corrected chi connectivity index (χ1v) is 5.06. The van der Waals surface area contributed by atoms with E-state index in [1.54, 1.807) is 17.8 Å². The number of allylic oxidation sites excluding steroid dienone is 1. The third-order valence-corrected chi connectivity index (χ3v) is 3.12. The summed E-state index contributed by atoms with van der Waals surface area (Å²) in [5.74, 6) is 0. The van der Waals surface area contributed by atoms with E-state index in [1.807, 2.05) is 0 Å². The summed E-state index contributed by atoms with van der Waals surface area (Å²) in [5, 5.41) is 7.03. The van der Waals surface area contributed by atoms with Crippen molar-refractivity contribution >= 4 is 16.7 Å². The van der Waals surface area contributed by atoms with E-state index in [0.717, 1.165) is 12.1 Å². The van der Waals surface area contributed by atoms with Crippen molar-refractivity contribution in [3.8, 4) is 0 Å². The van der Waals surface area contributed by atoms with Crippen LogP contribution in [-0.4, -0.2) is 15.4 Å². The quantitative estimate of drug-likeness (QED) is 0.739. The molecule has 1 aliphatic rings. The first-order chi connectivity index (χ1) is 6.25. The van der Waals surface area contributed by atoms with Gasteiger partial charge in [-0.25, -0.2) is 5.10 Å². The number of hydrogen-bond donors (Lipinski definition) is 1. The average molecular weight is 194 g/mol. The molecule has 0 aromatic carbocycles.